The van der Waals surface area contributed by atoms with E-state index in [0.29, 0.717) is 17.9 Å². The molecule has 1 heterocycles. The number of halogens is 1. The average molecular weight is 293 g/mol. The number of rotatable bonds is 5. The van der Waals surface area contributed by atoms with Gasteiger partial charge in [-0.15, -0.1) is 0 Å². The fourth-order valence-corrected chi connectivity index (χ4v) is 2.55. The lowest BCUT2D eigenvalue weighted by Gasteiger charge is -2.33. The van der Waals surface area contributed by atoms with Gasteiger partial charge in [0.2, 0.25) is 0 Å². The number of aliphatic carboxylic acids is 1. The van der Waals surface area contributed by atoms with Crippen molar-refractivity contribution in [2.75, 3.05) is 24.6 Å². The van der Waals surface area contributed by atoms with Crippen LogP contribution in [0.5, 0.6) is 0 Å². The lowest BCUT2D eigenvalue weighted by atomic mass is 10.1. The van der Waals surface area contributed by atoms with E-state index in [0.717, 1.165) is 32.0 Å². The molecule has 0 spiro atoms. The number of carbonyl (C=O) groups is 1. The first-order chi connectivity index (χ1) is 10.1. The predicted octanol–water partition coefficient (Wildman–Crippen LogP) is 2.93. The Bertz CT molecular complexity index is 522. The van der Waals surface area contributed by atoms with Crippen molar-refractivity contribution < 1.29 is 19.0 Å². The molecule has 114 valence electrons. The van der Waals surface area contributed by atoms with Crippen LogP contribution in [0.15, 0.2) is 24.3 Å². The number of hydrogen-bond donors (Lipinski definition) is 1. The lowest BCUT2D eigenvalue weighted by molar-refractivity contribution is -0.131. The van der Waals surface area contributed by atoms with E-state index in [1.54, 1.807) is 12.1 Å². The zero-order valence-electron chi connectivity index (χ0n) is 12.1. The molecule has 2 rings (SSSR count). The molecule has 0 aromatic heterocycles. The van der Waals surface area contributed by atoms with Gasteiger partial charge in [-0.2, -0.15) is 0 Å². The topological polar surface area (TPSA) is 49.8 Å². The first-order valence-corrected chi connectivity index (χ1v) is 7.17. The van der Waals surface area contributed by atoms with E-state index in [4.69, 9.17) is 9.84 Å². The minimum absolute atomic E-state index is 0.270. The quantitative estimate of drug-likeness (QED) is 0.848. The maximum atomic E-state index is 14.2. The zero-order chi connectivity index (χ0) is 15.2. The molecular weight excluding hydrogens is 273 g/mol. The molecule has 21 heavy (non-hydrogen) atoms. The third-order valence-electron chi connectivity index (χ3n) is 3.58. The van der Waals surface area contributed by atoms with Crippen LogP contribution in [0.1, 0.15) is 25.3 Å². The van der Waals surface area contributed by atoms with Gasteiger partial charge in [-0.1, -0.05) is 6.07 Å². The van der Waals surface area contributed by atoms with Crippen LogP contribution in [0.4, 0.5) is 10.1 Å². The fraction of sp³-hybridized carbons (Fsp3) is 0.438. The molecule has 0 saturated carbocycles. The Morgan fingerprint density at radius 1 is 1.48 bits per heavy atom. The van der Waals surface area contributed by atoms with E-state index in [2.05, 4.69) is 0 Å². The smallest absolute Gasteiger partial charge is 0.328 e. The van der Waals surface area contributed by atoms with Gasteiger partial charge in [0.15, 0.2) is 0 Å². The molecule has 0 aliphatic carbocycles. The molecule has 1 saturated heterocycles. The number of carboxylic acid groups (broad SMARTS) is 1. The van der Waals surface area contributed by atoms with Crippen LogP contribution in [-0.2, 0) is 9.53 Å². The van der Waals surface area contributed by atoms with E-state index < -0.39 is 5.97 Å². The summed E-state index contributed by atoms with van der Waals surface area (Å²) in [5, 5.41) is 8.57. The number of nitrogens with zero attached hydrogens (tertiary/aromatic N) is 1. The minimum Gasteiger partial charge on any atom is -0.478 e. The molecule has 0 amide bonds. The molecule has 1 fully saturated rings. The molecule has 0 unspecified atom stereocenters. The largest absolute Gasteiger partial charge is 0.478 e. The van der Waals surface area contributed by atoms with E-state index in [1.807, 2.05) is 11.8 Å². The standard InChI is InChI=1S/C16H20FNO3/c1-2-21-13-7-9-18(10-8-13)15-5-3-12(11-14(15)17)4-6-16(19)20/h3-6,11,13H,2,7-10H2,1H3,(H,19,20). The second-order valence-electron chi connectivity index (χ2n) is 5.02. The molecule has 0 radical (unpaired) electrons. The molecule has 5 heteroatoms. The SMILES string of the molecule is CCOC1CCN(c2ccc(C=CC(=O)O)cc2F)CC1. The maximum Gasteiger partial charge on any atom is 0.328 e. The Kier molecular flexibility index (Phi) is 5.33. The highest BCUT2D eigenvalue weighted by atomic mass is 19.1. The fourth-order valence-electron chi connectivity index (χ4n) is 2.55. The molecule has 1 aromatic rings. The molecule has 1 aromatic carbocycles. The Hall–Kier alpha value is -1.88. The van der Waals surface area contributed by atoms with Gasteiger partial charge in [-0.05, 0) is 43.5 Å². The highest BCUT2D eigenvalue weighted by Crippen LogP contribution is 2.25. The van der Waals surface area contributed by atoms with Crippen molar-refractivity contribution in [3.8, 4) is 0 Å². The predicted molar refractivity (Wildman–Crippen MR) is 79.9 cm³/mol. The maximum absolute atomic E-state index is 14.2. The Morgan fingerprint density at radius 3 is 2.76 bits per heavy atom. The summed E-state index contributed by atoms with van der Waals surface area (Å²) < 4.78 is 19.7. The van der Waals surface area contributed by atoms with Gasteiger partial charge < -0.3 is 14.7 Å². The van der Waals surface area contributed by atoms with Gasteiger partial charge in [0.05, 0.1) is 11.8 Å². The zero-order valence-corrected chi connectivity index (χ0v) is 12.1. The number of hydrogen-bond acceptors (Lipinski definition) is 3. The first-order valence-electron chi connectivity index (χ1n) is 7.17. The summed E-state index contributed by atoms with van der Waals surface area (Å²) in [6.07, 6.45) is 4.45. The van der Waals surface area contributed by atoms with Crippen LogP contribution in [-0.4, -0.2) is 36.9 Å². The van der Waals surface area contributed by atoms with Crippen LogP contribution >= 0.6 is 0 Å². The van der Waals surface area contributed by atoms with E-state index >= 15 is 0 Å². The van der Waals surface area contributed by atoms with E-state index in [-0.39, 0.29) is 11.9 Å². The molecule has 1 aliphatic rings. The van der Waals surface area contributed by atoms with Gasteiger partial charge in [0.25, 0.3) is 0 Å². The van der Waals surface area contributed by atoms with Crippen LogP contribution in [0, 0.1) is 5.82 Å². The molecule has 1 N–H and O–H groups in total. The molecule has 1 aliphatic heterocycles. The van der Waals surface area contributed by atoms with Gasteiger partial charge >= 0.3 is 5.97 Å². The van der Waals surface area contributed by atoms with Crippen LogP contribution in [0.2, 0.25) is 0 Å². The average Bonchev–Trinajstić information content (AvgIpc) is 2.47. The summed E-state index contributed by atoms with van der Waals surface area (Å²) in [7, 11) is 0. The molecule has 0 bridgehead atoms. The summed E-state index contributed by atoms with van der Waals surface area (Å²) in [6, 6.07) is 4.80. The third kappa shape index (κ3) is 4.29. The number of benzene rings is 1. The number of ether oxygens (including phenoxy) is 1. The van der Waals surface area contributed by atoms with E-state index in [9.17, 15) is 9.18 Å². The lowest BCUT2D eigenvalue weighted by Crippen LogP contribution is -2.37. The van der Waals surface area contributed by atoms with Crippen LogP contribution in [0.25, 0.3) is 6.08 Å². The van der Waals surface area contributed by atoms with Gasteiger partial charge in [-0.3, -0.25) is 0 Å². The van der Waals surface area contributed by atoms with E-state index in [1.165, 1.54) is 12.1 Å². The monoisotopic (exact) mass is 293 g/mol. The van der Waals surface area contributed by atoms with Crippen molar-refractivity contribution in [1.29, 1.82) is 0 Å². The summed E-state index contributed by atoms with van der Waals surface area (Å²) in [4.78, 5) is 12.5. The number of piperidine rings is 1. The van der Waals surface area contributed by atoms with Crippen molar-refractivity contribution in [1.82, 2.24) is 0 Å². The van der Waals surface area contributed by atoms with Crippen molar-refractivity contribution >= 4 is 17.7 Å². The number of carboxylic acids is 1. The van der Waals surface area contributed by atoms with Crippen LogP contribution < -0.4 is 4.90 Å². The highest BCUT2D eigenvalue weighted by Gasteiger charge is 2.21. The third-order valence-corrected chi connectivity index (χ3v) is 3.58. The van der Waals surface area contributed by atoms with Crippen molar-refractivity contribution in [3.05, 3.63) is 35.7 Å². The summed E-state index contributed by atoms with van der Waals surface area (Å²) in [5.74, 6) is -1.37. The Balaban J connectivity index is 2.03. The Morgan fingerprint density at radius 2 is 2.19 bits per heavy atom. The van der Waals surface area contributed by atoms with Gasteiger partial charge in [0, 0.05) is 25.8 Å². The van der Waals surface area contributed by atoms with Crippen molar-refractivity contribution in [2.45, 2.75) is 25.9 Å². The second-order valence-corrected chi connectivity index (χ2v) is 5.02. The summed E-state index contributed by atoms with van der Waals surface area (Å²) in [5.41, 5.74) is 1.11. The molecular formula is C16H20FNO3. The second kappa shape index (κ2) is 7.22. The van der Waals surface area contributed by atoms with Crippen molar-refractivity contribution in [3.63, 3.8) is 0 Å². The minimum atomic E-state index is -1.04. The normalized spacial score (nSPS) is 16.6. The summed E-state index contributed by atoms with van der Waals surface area (Å²) >= 11 is 0. The van der Waals surface area contributed by atoms with Gasteiger partial charge in [-0.25, -0.2) is 9.18 Å². The van der Waals surface area contributed by atoms with Gasteiger partial charge in [0.1, 0.15) is 5.82 Å². The summed E-state index contributed by atoms with van der Waals surface area (Å²) in [6.45, 7) is 4.23. The van der Waals surface area contributed by atoms with Crippen molar-refractivity contribution in [2.24, 2.45) is 0 Å². The molecule has 4 nitrogen and oxygen atoms in total. The molecule has 0 atom stereocenters. The number of anilines is 1. The van der Waals surface area contributed by atoms with Crippen LogP contribution in [0.3, 0.4) is 0 Å². The highest BCUT2D eigenvalue weighted by molar-refractivity contribution is 5.85. The first kappa shape index (κ1) is 15.5. The Labute approximate surface area is 123 Å².